The molecule has 0 aliphatic carbocycles. The zero-order valence-corrected chi connectivity index (χ0v) is 21.7. The first-order valence-corrected chi connectivity index (χ1v) is 12.4. The van der Waals surface area contributed by atoms with E-state index in [4.69, 9.17) is 21.1 Å². The molecular weight excluding hydrogens is 538 g/mol. The summed E-state index contributed by atoms with van der Waals surface area (Å²) in [5, 5.41) is 0.376. The van der Waals surface area contributed by atoms with E-state index in [1.54, 1.807) is 19.3 Å². The molecule has 34 heavy (non-hydrogen) atoms. The fraction of sp³-hybridized carbons (Fsp3) is 0.154. The van der Waals surface area contributed by atoms with Crippen LogP contribution in [0.5, 0.6) is 11.5 Å². The molecule has 8 heteroatoms. The quantitative estimate of drug-likeness (QED) is 0.286. The third-order valence-electron chi connectivity index (χ3n) is 5.18. The second-order valence-corrected chi connectivity index (χ2v) is 9.99. The minimum absolute atomic E-state index is 0.243. The molecule has 0 bridgehead atoms. The largest absolute Gasteiger partial charge is 0.493 e. The van der Waals surface area contributed by atoms with E-state index in [-0.39, 0.29) is 17.7 Å². The van der Waals surface area contributed by atoms with Gasteiger partial charge in [0.15, 0.2) is 11.5 Å². The lowest BCUT2D eigenvalue weighted by Gasteiger charge is -2.14. The van der Waals surface area contributed by atoms with Gasteiger partial charge in [0.2, 0.25) is 0 Å². The van der Waals surface area contributed by atoms with Crippen LogP contribution in [0, 0.1) is 6.92 Å². The molecule has 0 saturated carbocycles. The van der Waals surface area contributed by atoms with Crippen LogP contribution in [0.1, 0.15) is 22.3 Å². The molecule has 0 unspecified atom stereocenters. The average molecular weight is 559 g/mol. The van der Waals surface area contributed by atoms with Crippen molar-refractivity contribution in [1.29, 1.82) is 0 Å². The monoisotopic (exact) mass is 557 g/mol. The molecule has 0 aromatic heterocycles. The highest BCUT2D eigenvalue weighted by Gasteiger charge is 2.35. The number of imide groups is 1. The summed E-state index contributed by atoms with van der Waals surface area (Å²) >= 11 is 10.4. The van der Waals surface area contributed by atoms with Gasteiger partial charge in [-0.2, -0.15) is 0 Å². The lowest BCUT2D eigenvalue weighted by molar-refractivity contribution is -0.123. The molecular formula is C26H21BrClNO4S. The Balaban J connectivity index is 1.52. The molecule has 0 N–H and O–H groups in total. The number of carbonyl (C=O) groups excluding carboxylic acids is 2. The van der Waals surface area contributed by atoms with Crippen LogP contribution >= 0.6 is 39.3 Å². The van der Waals surface area contributed by atoms with Crippen molar-refractivity contribution in [2.24, 2.45) is 0 Å². The van der Waals surface area contributed by atoms with Crippen molar-refractivity contribution in [3.05, 3.63) is 97.3 Å². The van der Waals surface area contributed by atoms with Crippen molar-refractivity contribution in [3.63, 3.8) is 0 Å². The number of rotatable bonds is 7. The van der Waals surface area contributed by atoms with E-state index in [0.29, 0.717) is 38.1 Å². The highest BCUT2D eigenvalue weighted by Crippen LogP contribution is 2.39. The Bertz CT molecular complexity index is 1260. The molecule has 0 radical (unpaired) electrons. The number of nitrogens with zero attached hydrogens (tertiary/aromatic N) is 1. The second kappa shape index (κ2) is 10.7. The maximum Gasteiger partial charge on any atom is 0.293 e. The topological polar surface area (TPSA) is 55.8 Å². The van der Waals surface area contributed by atoms with Gasteiger partial charge < -0.3 is 9.47 Å². The van der Waals surface area contributed by atoms with Crippen LogP contribution < -0.4 is 9.47 Å². The van der Waals surface area contributed by atoms with Crippen molar-refractivity contribution in [1.82, 2.24) is 4.90 Å². The smallest absolute Gasteiger partial charge is 0.293 e. The molecule has 0 atom stereocenters. The van der Waals surface area contributed by atoms with E-state index in [1.165, 1.54) is 4.90 Å². The van der Waals surface area contributed by atoms with Crippen molar-refractivity contribution in [3.8, 4) is 11.5 Å². The lowest BCUT2D eigenvalue weighted by atomic mass is 10.1. The molecule has 1 fully saturated rings. The Labute approximate surface area is 215 Å². The van der Waals surface area contributed by atoms with Crippen LogP contribution in [0.4, 0.5) is 4.79 Å². The van der Waals surface area contributed by atoms with E-state index >= 15 is 0 Å². The van der Waals surface area contributed by atoms with E-state index in [2.05, 4.69) is 15.9 Å². The molecule has 4 rings (SSSR count). The minimum Gasteiger partial charge on any atom is -0.493 e. The van der Waals surface area contributed by atoms with Gasteiger partial charge in [-0.05, 0) is 81.6 Å². The van der Waals surface area contributed by atoms with E-state index in [9.17, 15) is 9.59 Å². The molecule has 5 nitrogen and oxygen atoms in total. The zero-order chi connectivity index (χ0) is 24.2. The molecule has 1 heterocycles. The fourth-order valence-electron chi connectivity index (χ4n) is 3.36. The normalized spacial score (nSPS) is 14.7. The van der Waals surface area contributed by atoms with Gasteiger partial charge in [0.25, 0.3) is 11.1 Å². The summed E-state index contributed by atoms with van der Waals surface area (Å²) in [4.78, 5) is 27.0. The Morgan fingerprint density at radius 3 is 2.38 bits per heavy atom. The maximum absolute atomic E-state index is 12.9. The number of methoxy groups -OCH3 is 1. The summed E-state index contributed by atoms with van der Waals surface area (Å²) in [6.45, 7) is 2.57. The molecule has 1 aliphatic rings. The molecule has 2 amide bonds. The third-order valence-corrected chi connectivity index (χ3v) is 6.93. The van der Waals surface area contributed by atoms with Crippen LogP contribution in [0.25, 0.3) is 6.08 Å². The summed E-state index contributed by atoms with van der Waals surface area (Å²) in [5.74, 6) is 0.740. The standard InChI is InChI=1S/C26H21BrClNO4S/c1-16-3-5-17(6-4-16)14-29-25(30)23(34-26(29)31)13-19-11-21(27)24(22(12-19)32-2)33-15-18-7-9-20(28)10-8-18/h3-13H,14-15H2,1-2H3/b23-13-. The molecule has 174 valence electrons. The fourth-order valence-corrected chi connectivity index (χ4v) is 4.90. The SMILES string of the molecule is COc1cc(/C=C2\SC(=O)N(Cc3ccc(C)cc3)C2=O)cc(Br)c1OCc1ccc(Cl)cc1. The lowest BCUT2D eigenvalue weighted by Crippen LogP contribution is -2.27. The predicted octanol–water partition coefficient (Wildman–Crippen LogP) is 7.24. The van der Waals surface area contributed by atoms with Crippen molar-refractivity contribution >= 4 is 56.5 Å². The Morgan fingerprint density at radius 2 is 1.71 bits per heavy atom. The third kappa shape index (κ3) is 5.66. The number of hydrogen-bond acceptors (Lipinski definition) is 5. The minimum atomic E-state index is -0.311. The van der Waals surface area contributed by atoms with Gasteiger partial charge in [0, 0.05) is 5.02 Å². The molecule has 1 saturated heterocycles. The molecule has 3 aromatic rings. The number of halogens is 2. The number of hydrogen-bond donors (Lipinski definition) is 0. The summed E-state index contributed by atoms with van der Waals surface area (Å²) in [6, 6.07) is 18.8. The van der Waals surface area contributed by atoms with Crippen molar-refractivity contribution in [2.45, 2.75) is 20.1 Å². The highest BCUT2D eigenvalue weighted by atomic mass is 79.9. The number of aryl methyl sites for hydroxylation is 1. The summed E-state index contributed by atoms with van der Waals surface area (Å²) in [5.41, 5.74) is 3.70. The molecule has 3 aromatic carbocycles. The predicted molar refractivity (Wildman–Crippen MR) is 139 cm³/mol. The molecule has 0 spiro atoms. The van der Waals surface area contributed by atoms with Gasteiger partial charge in [-0.15, -0.1) is 0 Å². The van der Waals surface area contributed by atoms with Crippen LogP contribution in [0.15, 0.2) is 70.0 Å². The number of carbonyl (C=O) groups is 2. The van der Waals surface area contributed by atoms with Gasteiger partial charge in [-0.3, -0.25) is 14.5 Å². The van der Waals surface area contributed by atoms with Crippen LogP contribution in [0.2, 0.25) is 5.02 Å². The maximum atomic E-state index is 12.9. The Hall–Kier alpha value is -2.74. The summed E-state index contributed by atoms with van der Waals surface area (Å²) in [6.07, 6.45) is 1.69. The number of ether oxygens (including phenoxy) is 2. The van der Waals surface area contributed by atoms with E-state index < -0.39 is 0 Å². The van der Waals surface area contributed by atoms with Crippen LogP contribution in [-0.2, 0) is 17.9 Å². The van der Waals surface area contributed by atoms with Gasteiger partial charge in [-0.25, -0.2) is 0 Å². The van der Waals surface area contributed by atoms with Gasteiger partial charge in [0.05, 0.1) is 23.0 Å². The molecule has 1 aliphatic heterocycles. The van der Waals surface area contributed by atoms with Gasteiger partial charge in [0.1, 0.15) is 6.61 Å². The number of amides is 2. The van der Waals surface area contributed by atoms with Crippen molar-refractivity contribution < 1.29 is 19.1 Å². The number of thioether (sulfide) groups is 1. The highest BCUT2D eigenvalue weighted by molar-refractivity contribution is 9.10. The van der Waals surface area contributed by atoms with Gasteiger partial charge >= 0.3 is 0 Å². The van der Waals surface area contributed by atoms with E-state index in [1.807, 2.05) is 61.5 Å². The van der Waals surface area contributed by atoms with Crippen molar-refractivity contribution in [2.75, 3.05) is 7.11 Å². The Kier molecular flexibility index (Phi) is 7.66. The summed E-state index contributed by atoms with van der Waals surface area (Å²) < 4.78 is 12.2. The van der Waals surface area contributed by atoms with Crippen LogP contribution in [0.3, 0.4) is 0 Å². The second-order valence-electron chi connectivity index (χ2n) is 7.70. The Morgan fingerprint density at radius 1 is 1.03 bits per heavy atom. The summed E-state index contributed by atoms with van der Waals surface area (Å²) in [7, 11) is 1.55. The number of benzene rings is 3. The van der Waals surface area contributed by atoms with E-state index in [0.717, 1.165) is 28.5 Å². The first-order valence-electron chi connectivity index (χ1n) is 10.4. The average Bonchev–Trinajstić information content (AvgIpc) is 3.07. The first-order chi connectivity index (χ1) is 16.3. The zero-order valence-electron chi connectivity index (χ0n) is 18.5. The first kappa shape index (κ1) is 24.4. The van der Waals surface area contributed by atoms with Gasteiger partial charge in [-0.1, -0.05) is 53.6 Å². The van der Waals surface area contributed by atoms with Crippen LogP contribution in [-0.4, -0.2) is 23.2 Å².